The van der Waals surface area contributed by atoms with Gasteiger partial charge in [-0.25, -0.2) is 9.36 Å². The summed E-state index contributed by atoms with van der Waals surface area (Å²) < 4.78 is 14.7. The molecule has 0 radical (unpaired) electrons. The van der Waals surface area contributed by atoms with Crippen LogP contribution in [0.5, 0.6) is 11.5 Å². The number of ether oxygens (including phenoxy) is 2. The molecule has 160 valence electrons. The van der Waals surface area contributed by atoms with Crippen LogP contribution in [-0.2, 0) is 6.67 Å². The molecule has 0 amide bonds. The van der Waals surface area contributed by atoms with Gasteiger partial charge in [0.05, 0.1) is 42.0 Å². The highest BCUT2D eigenvalue weighted by Crippen LogP contribution is 2.34. The molecule has 4 rings (SSSR count). The van der Waals surface area contributed by atoms with Crippen LogP contribution in [0, 0.1) is 20.8 Å². The number of hydrogen-bond donors (Lipinski definition) is 0. The van der Waals surface area contributed by atoms with Gasteiger partial charge >= 0.3 is 0 Å². The minimum Gasteiger partial charge on any atom is -0.497 e. The smallest absolute Gasteiger partial charge is 0.134 e. The van der Waals surface area contributed by atoms with Crippen LogP contribution in [0.25, 0.3) is 22.5 Å². The quantitative estimate of drug-likeness (QED) is 0.399. The number of halogens is 1. The zero-order chi connectivity index (χ0) is 22.1. The molecule has 2 heterocycles. The number of nitrogens with zero attached hydrogens (tertiary/aromatic N) is 4. The molecule has 0 saturated carbocycles. The van der Waals surface area contributed by atoms with E-state index in [1.165, 1.54) is 0 Å². The van der Waals surface area contributed by atoms with Gasteiger partial charge in [-0.1, -0.05) is 35.9 Å². The molecule has 31 heavy (non-hydrogen) atoms. The predicted octanol–water partition coefficient (Wildman–Crippen LogP) is 5.52. The highest BCUT2D eigenvalue weighted by atomic mass is 35.5. The van der Waals surface area contributed by atoms with Gasteiger partial charge in [0.25, 0.3) is 0 Å². The van der Waals surface area contributed by atoms with Gasteiger partial charge in [0, 0.05) is 16.7 Å². The summed E-state index contributed by atoms with van der Waals surface area (Å²) in [5, 5.41) is 10.3. The number of benzene rings is 2. The highest BCUT2D eigenvalue weighted by Gasteiger charge is 2.20. The first-order valence-electron chi connectivity index (χ1n) is 9.98. The van der Waals surface area contributed by atoms with Gasteiger partial charge < -0.3 is 9.47 Å². The Morgan fingerprint density at radius 3 is 2.03 bits per heavy atom. The first-order valence-corrected chi connectivity index (χ1v) is 10.4. The average Bonchev–Trinajstić information content (AvgIpc) is 3.24. The lowest BCUT2D eigenvalue weighted by Crippen LogP contribution is -2.13. The van der Waals surface area contributed by atoms with Gasteiger partial charge in [0.15, 0.2) is 0 Å². The van der Waals surface area contributed by atoms with Gasteiger partial charge in [-0.15, -0.1) is 0 Å². The van der Waals surface area contributed by atoms with Gasteiger partial charge in [0.1, 0.15) is 18.2 Å². The third-order valence-electron chi connectivity index (χ3n) is 5.44. The van der Waals surface area contributed by atoms with E-state index in [1.807, 2.05) is 65.7 Å². The second kappa shape index (κ2) is 8.47. The Kier molecular flexibility index (Phi) is 5.74. The van der Waals surface area contributed by atoms with Crippen molar-refractivity contribution in [3.05, 3.63) is 70.5 Å². The fraction of sp³-hybridized carbons (Fsp3) is 0.250. The fourth-order valence-electron chi connectivity index (χ4n) is 3.77. The van der Waals surface area contributed by atoms with Gasteiger partial charge in [-0.2, -0.15) is 10.2 Å². The molecule has 2 aromatic heterocycles. The summed E-state index contributed by atoms with van der Waals surface area (Å²) in [6, 6.07) is 15.9. The molecule has 2 aromatic carbocycles. The van der Waals surface area contributed by atoms with E-state index in [0.29, 0.717) is 11.7 Å². The van der Waals surface area contributed by atoms with Crippen molar-refractivity contribution in [3.63, 3.8) is 0 Å². The van der Waals surface area contributed by atoms with Crippen LogP contribution in [0.15, 0.2) is 48.5 Å². The molecule has 0 N–H and O–H groups in total. The molecule has 0 unspecified atom stereocenters. The monoisotopic (exact) mass is 436 g/mol. The topological polar surface area (TPSA) is 54.1 Å². The molecule has 0 fully saturated rings. The molecule has 0 atom stereocenters. The summed E-state index contributed by atoms with van der Waals surface area (Å²) >= 11 is 6.38. The normalized spacial score (nSPS) is 11.0. The number of aromatic nitrogens is 4. The summed E-state index contributed by atoms with van der Waals surface area (Å²) in [4.78, 5) is 0. The fourth-order valence-corrected chi connectivity index (χ4v) is 3.91. The summed E-state index contributed by atoms with van der Waals surface area (Å²) in [5.41, 5.74) is 6.68. The molecule has 0 bridgehead atoms. The zero-order valence-corrected chi connectivity index (χ0v) is 19.1. The van der Waals surface area contributed by atoms with E-state index in [-0.39, 0.29) is 0 Å². The maximum atomic E-state index is 6.38. The van der Waals surface area contributed by atoms with Crippen molar-refractivity contribution >= 4 is 11.6 Å². The maximum Gasteiger partial charge on any atom is 0.134 e. The largest absolute Gasteiger partial charge is 0.497 e. The number of hydrogen-bond acceptors (Lipinski definition) is 4. The van der Waals surface area contributed by atoms with Crippen LogP contribution in [0.2, 0.25) is 5.02 Å². The Morgan fingerprint density at radius 2 is 1.45 bits per heavy atom. The molecule has 7 heteroatoms. The van der Waals surface area contributed by atoms with Crippen LogP contribution < -0.4 is 9.47 Å². The first-order chi connectivity index (χ1) is 14.9. The van der Waals surface area contributed by atoms with E-state index in [1.54, 1.807) is 14.2 Å². The molecular weight excluding hydrogens is 412 g/mol. The molecular formula is C24H25ClN4O2. The summed E-state index contributed by atoms with van der Waals surface area (Å²) in [5.74, 6) is 1.58. The van der Waals surface area contributed by atoms with Crippen molar-refractivity contribution in [2.24, 2.45) is 0 Å². The van der Waals surface area contributed by atoms with Crippen LogP contribution in [0.4, 0.5) is 0 Å². The average molecular weight is 437 g/mol. The van der Waals surface area contributed by atoms with Crippen LogP contribution in [0.3, 0.4) is 0 Å². The van der Waals surface area contributed by atoms with Crippen molar-refractivity contribution < 1.29 is 9.47 Å². The molecule has 0 aliphatic heterocycles. The third-order valence-corrected chi connectivity index (χ3v) is 5.98. The van der Waals surface area contributed by atoms with Crippen molar-refractivity contribution in [2.45, 2.75) is 27.4 Å². The second-order valence-corrected chi connectivity index (χ2v) is 7.79. The van der Waals surface area contributed by atoms with E-state index in [9.17, 15) is 0 Å². The SMILES string of the molecule is COc1cccc(-c2nn(Cn3nc(C)c(Cl)c3C)c(-c3cccc(OC)c3)c2C)c1. The lowest BCUT2D eigenvalue weighted by atomic mass is 10.0. The maximum absolute atomic E-state index is 6.38. The molecule has 4 aromatic rings. The highest BCUT2D eigenvalue weighted by molar-refractivity contribution is 6.31. The third kappa shape index (κ3) is 3.91. The van der Waals surface area contributed by atoms with Crippen molar-refractivity contribution in [2.75, 3.05) is 14.2 Å². The van der Waals surface area contributed by atoms with E-state index < -0.39 is 0 Å². The molecule has 6 nitrogen and oxygen atoms in total. The Labute approximate surface area is 187 Å². The van der Waals surface area contributed by atoms with E-state index >= 15 is 0 Å². The van der Waals surface area contributed by atoms with E-state index in [0.717, 1.165) is 51.0 Å². The molecule has 0 saturated heterocycles. The van der Waals surface area contributed by atoms with E-state index in [2.05, 4.69) is 18.1 Å². The summed E-state index contributed by atoms with van der Waals surface area (Å²) in [6.45, 7) is 6.40. The van der Waals surface area contributed by atoms with Crippen molar-refractivity contribution in [1.82, 2.24) is 19.6 Å². The van der Waals surface area contributed by atoms with E-state index in [4.69, 9.17) is 26.2 Å². The van der Waals surface area contributed by atoms with Gasteiger partial charge in [0.2, 0.25) is 0 Å². The Balaban J connectivity index is 1.90. The predicted molar refractivity (Wildman–Crippen MR) is 123 cm³/mol. The number of methoxy groups -OCH3 is 2. The molecule has 0 spiro atoms. The summed E-state index contributed by atoms with van der Waals surface area (Å²) in [6.07, 6.45) is 0. The molecule has 0 aliphatic rings. The number of aryl methyl sites for hydroxylation is 1. The Morgan fingerprint density at radius 1 is 0.839 bits per heavy atom. The Hall–Kier alpha value is -3.25. The van der Waals surface area contributed by atoms with Crippen LogP contribution >= 0.6 is 11.6 Å². The zero-order valence-electron chi connectivity index (χ0n) is 18.3. The van der Waals surface area contributed by atoms with Crippen LogP contribution in [0.1, 0.15) is 17.0 Å². The minimum atomic E-state index is 0.441. The lowest BCUT2D eigenvalue weighted by molar-refractivity contribution is 0.414. The first kappa shape index (κ1) is 21.0. The standard InChI is InChI=1S/C24H25ClN4O2/c1-15-23(18-8-6-10-20(12-18)30-4)27-29(14-28-17(3)22(25)16(2)26-28)24(15)19-9-7-11-21(13-19)31-5/h6-13H,14H2,1-5H3. The lowest BCUT2D eigenvalue weighted by Gasteiger charge is -2.11. The Bertz CT molecular complexity index is 1240. The van der Waals surface area contributed by atoms with Crippen molar-refractivity contribution in [3.8, 4) is 34.0 Å². The summed E-state index contributed by atoms with van der Waals surface area (Å²) in [7, 11) is 3.33. The van der Waals surface area contributed by atoms with Gasteiger partial charge in [-0.3, -0.25) is 0 Å². The van der Waals surface area contributed by atoms with Crippen molar-refractivity contribution in [1.29, 1.82) is 0 Å². The van der Waals surface area contributed by atoms with Gasteiger partial charge in [-0.05, 0) is 45.0 Å². The minimum absolute atomic E-state index is 0.441. The molecule has 0 aliphatic carbocycles. The number of rotatable bonds is 6. The second-order valence-electron chi connectivity index (χ2n) is 7.41. The van der Waals surface area contributed by atoms with Crippen LogP contribution in [-0.4, -0.2) is 33.8 Å².